The Bertz CT molecular complexity index is 773. The molecule has 136 valence electrons. The molecule has 2 rings (SSSR count). The molecule has 1 aromatic heterocycles. The number of carbonyl (C=O) groups is 1. The number of anilines is 1. The van der Waals surface area contributed by atoms with Crippen LogP contribution in [0.3, 0.4) is 0 Å². The highest BCUT2D eigenvalue weighted by Gasteiger charge is 2.38. The van der Waals surface area contributed by atoms with Crippen molar-refractivity contribution in [3.63, 3.8) is 0 Å². The fourth-order valence-electron chi connectivity index (χ4n) is 2.22. The number of nitrogen functional groups attached to an aromatic ring is 1. The highest BCUT2D eigenvalue weighted by molar-refractivity contribution is 7.99. The molecule has 0 aliphatic carbocycles. The van der Waals surface area contributed by atoms with Crippen molar-refractivity contribution in [1.29, 1.82) is 0 Å². The number of nitrogens with zero attached hydrogens (tertiary/aromatic N) is 3. The van der Waals surface area contributed by atoms with Crippen LogP contribution in [0.5, 0.6) is 0 Å². The summed E-state index contributed by atoms with van der Waals surface area (Å²) < 4.78 is 38.2. The van der Waals surface area contributed by atoms with E-state index in [1.165, 1.54) is 0 Å². The zero-order chi connectivity index (χ0) is 18.8. The van der Waals surface area contributed by atoms with Crippen molar-refractivity contribution in [3.05, 3.63) is 35.2 Å². The van der Waals surface area contributed by atoms with Gasteiger partial charge in [0.1, 0.15) is 0 Å². The summed E-state index contributed by atoms with van der Waals surface area (Å²) in [5, 5.41) is 9.01. The molecule has 0 unspecified atom stereocenters. The molecule has 1 amide bonds. The number of rotatable bonds is 5. The zero-order valence-corrected chi connectivity index (χ0v) is 14.7. The van der Waals surface area contributed by atoms with Gasteiger partial charge in [-0.3, -0.25) is 4.79 Å². The van der Waals surface area contributed by atoms with E-state index >= 15 is 0 Å². The van der Waals surface area contributed by atoms with Crippen LogP contribution >= 0.6 is 11.8 Å². The maximum atomic E-state index is 12.6. The maximum absolute atomic E-state index is 12.6. The quantitative estimate of drug-likeness (QED) is 0.621. The molecule has 0 aliphatic heterocycles. The van der Waals surface area contributed by atoms with Gasteiger partial charge in [0.2, 0.25) is 11.1 Å². The molecule has 10 heteroatoms. The molecule has 0 saturated heterocycles. The van der Waals surface area contributed by atoms with Gasteiger partial charge >= 0.3 is 6.18 Å². The van der Waals surface area contributed by atoms with Gasteiger partial charge in [-0.05, 0) is 24.0 Å². The average Bonchev–Trinajstić information content (AvgIpc) is 2.88. The molecule has 1 heterocycles. The summed E-state index contributed by atoms with van der Waals surface area (Å²) in [6.45, 7) is 5.89. The van der Waals surface area contributed by atoms with E-state index in [1.807, 2.05) is 39.0 Å². The van der Waals surface area contributed by atoms with Crippen LogP contribution < -0.4 is 11.2 Å². The Balaban J connectivity index is 2.07. The Hall–Kier alpha value is -2.23. The minimum atomic E-state index is -4.70. The fraction of sp³-hybridized carbons (Fsp3) is 0.400. The number of nitrogens with one attached hydrogen (secondary N) is 1. The smallest absolute Gasteiger partial charge is 0.335 e. The van der Waals surface area contributed by atoms with E-state index in [4.69, 9.17) is 5.84 Å². The molecule has 25 heavy (non-hydrogen) atoms. The van der Waals surface area contributed by atoms with Crippen molar-refractivity contribution in [2.24, 2.45) is 0 Å². The van der Waals surface area contributed by atoms with Gasteiger partial charge in [0.05, 0.1) is 5.75 Å². The van der Waals surface area contributed by atoms with Crippen molar-refractivity contribution in [3.8, 4) is 0 Å². The van der Waals surface area contributed by atoms with Crippen molar-refractivity contribution in [1.82, 2.24) is 14.9 Å². The van der Waals surface area contributed by atoms with Crippen LogP contribution in [0.25, 0.3) is 0 Å². The molecule has 0 atom stereocenters. The molecule has 3 N–H and O–H groups in total. The van der Waals surface area contributed by atoms with Crippen LogP contribution in [-0.4, -0.2) is 26.5 Å². The van der Waals surface area contributed by atoms with Crippen LogP contribution in [-0.2, 0) is 11.0 Å². The maximum Gasteiger partial charge on any atom is 0.453 e. The van der Waals surface area contributed by atoms with Gasteiger partial charge in [-0.1, -0.05) is 43.8 Å². The molecular weight excluding hydrogens is 355 g/mol. The molecule has 0 radical (unpaired) electrons. The third kappa shape index (κ3) is 4.44. The van der Waals surface area contributed by atoms with Crippen LogP contribution in [0.15, 0.2) is 23.4 Å². The lowest BCUT2D eigenvalue weighted by atomic mass is 9.98. The Morgan fingerprint density at radius 2 is 2.04 bits per heavy atom. The van der Waals surface area contributed by atoms with Crippen LogP contribution in [0, 0.1) is 6.92 Å². The van der Waals surface area contributed by atoms with Crippen molar-refractivity contribution < 1.29 is 18.0 Å². The summed E-state index contributed by atoms with van der Waals surface area (Å²) in [5.41, 5.74) is 2.61. The Kier molecular flexibility index (Phi) is 5.61. The molecule has 2 aromatic rings. The molecule has 1 aromatic carbocycles. The molecule has 0 spiro atoms. The summed E-state index contributed by atoms with van der Waals surface area (Å²) >= 11 is 0.784. The predicted octanol–water partition coefficient (Wildman–Crippen LogP) is 3.17. The first-order valence-corrected chi connectivity index (χ1v) is 8.39. The number of alkyl halides is 3. The summed E-state index contributed by atoms with van der Waals surface area (Å²) in [6.07, 6.45) is -4.70. The summed E-state index contributed by atoms with van der Waals surface area (Å²) in [4.78, 5) is 12.2. The second-order valence-corrected chi connectivity index (χ2v) is 6.65. The number of benzene rings is 1. The van der Waals surface area contributed by atoms with E-state index in [9.17, 15) is 18.0 Å². The van der Waals surface area contributed by atoms with E-state index in [-0.39, 0.29) is 22.7 Å². The second kappa shape index (κ2) is 7.34. The minimum absolute atomic E-state index is 0.140. The van der Waals surface area contributed by atoms with E-state index in [2.05, 4.69) is 15.5 Å². The van der Waals surface area contributed by atoms with Crippen molar-refractivity contribution in [2.75, 3.05) is 16.9 Å². The summed E-state index contributed by atoms with van der Waals surface area (Å²) in [5.74, 6) is 3.74. The molecule has 0 aliphatic rings. The normalized spacial score (nSPS) is 11.8. The third-order valence-electron chi connectivity index (χ3n) is 3.44. The number of thioether (sulfide) groups is 1. The fourth-order valence-corrected chi connectivity index (χ4v) is 2.87. The predicted molar refractivity (Wildman–Crippen MR) is 89.8 cm³/mol. The Morgan fingerprint density at radius 3 is 2.60 bits per heavy atom. The van der Waals surface area contributed by atoms with Gasteiger partial charge in [0, 0.05) is 5.69 Å². The third-order valence-corrected chi connectivity index (χ3v) is 4.38. The number of para-hydroxylation sites is 1. The lowest BCUT2D eigenvalue weighted by molar-refractivity contribution is -0.146. The average molecular weight is 373 g/mol. The lowest BCUT2D eigenvalue weighted by Gasteiger charge is -2.16. The number of halogens is 3. The van der Waals surface area contributed by atoms with Crippen molar-refractivity contribution in [2.45, 2.75) is 38.0 Å². The number of hydrogen-bond donors (Lipinski definition) is 2. The van der Waals surface area contributed by atoms with E-state index in [0.29, 0.717) is 10.4 Å². The highest BCUT2D eigenvalue weighted by Crippen LogP contribution is 2.30. The van der Waals surface area contributed by atoms with Gasteiger partial charge in [-0.15, -0.1) is 10.2 Å². The van der Waals surface area contributed by atoms with Gasteiger partial charge in [0.15, 0.2) is 0 Å². The largest absolute Gasteiger partial charge is 0.453 e. The first kappa shape index (κ1) is 19.1. The van der Waals surface area contributed by atoms with Crippen LogP contribution in [0.1, 0.15) is 36.7 Å². The number of nitrogens with two attached hydrogens (primary N) is 1. The van der Waals surface area contributed by atoms with Gasteiger partial charge in [0.25, 0.3) is 5.82 Å². The number of amides is 1. The van der Waals surface area contributed by atoms with Gasteiger partial charge in [-0.25, -0.2) is 4.68 Å². The molecule has 6 nitrogen and oxygen atoms in total. The molecule has 0 saturated carbocycles. The van der Waals surface area contributed by atoms with E-state index < -0.39 is 12.0 Å². The van der Waals surface area contributed by atoms with Crippen LogP contribution in [0.2, 0.25) is 0 Å². The first-order valence-electron chi connectivity index (χ1n) is 7.41. The van der Waals surface area contributed by atoms with Gasteiger partial charge < -0.3 is 11.2 Å². The Morgan fingerprint density at radius 1 is 1.36 bits per heavy atom. The zero-order valence-electron chi connectivity index (χ0n) is 13.9. The number of hydrogen-bond acceptors (Lipinski definition) is 5. The standard InChI is InChI=1S/C15H18F3N5OS/c1-8(2)10-6-4-5-9(3)12(10)20-11(24)7-25-14-22-21-13(23(14)19)15(16,17)18/h4-6,8H,7,19H2,1-3H3,(H,20,24). The lowest BCUT2D eigenvalue weighted by Crippen LogP contribution is -2.22. The van der Waals surface area contributed by atoms with E-state index in [0.717, 1.165) is 22.9 Å². The number of aromatic nitrogens is 3. The SMILES string of the molecule is Cc1cccc(C(C)C)c1NC(=O)CSc1nnc(C(F)(F)F)n1N. The van der Waals surface area contributed by atoms with Gasteiger partial charge in [-0.2, -0.15) is 13.2 Å². The topological polar surface area (TPSA) is 85.8 Å². The minimum Gasteiger partial charge on any atom is -0.335 e. The summed E-state index contributed by atoms with van der Waals surface area (Å²) in [7, 11) is 0. The molecule has 0 bridgehead atoms. The monoisotopic (exact) mass is 373 g/mol. The number of aryl methyl sites for hydroxylation is 1. The highest BCUT2D eigenvalue weighted by atomic mass is 32.2. The van der Waals surface area contributed by atoms with Crippen molar-refractivity contribution >= 4 is 23.4 Å². The first-order chi connectivity index (χ1) is 11.6. The number of carbonyl (C=O) groups excluding carboxylic acids is 1. The second-order valence-electron chi connectivity index (χ2n) is 5.70. The van der Waals surface area contributed by atoms with E-state index in [1.54, 1.807) is 0 Å². The molecule has 0 fully saturated rings. The Labute approximate surface area is 147 Å². The molecular formula is C15H18F3N5OS. The van der Waals surface area contributed by atoms with Crippen LogP contribution in [0.4, 0.5) is 18.9 Å². The summed E-state index contributed by atoms with van der Waals surface area (Å²) in [6, 6.07) is 5.71.